The molecule has 0 radical (unpaired) electrons. The molecule has 0 aromatic heterocycles. The summed E-state index contributed by atoms with van der Waals surface area (Å²) in [6.07, 6.45) is 0.351. The van der Waals surface area contributed by atoms with Crippen LogP contribution in [0.3, 0.4) is 0 Å². The summed E-state index contributed by atoms with van der Waals surface area (Å²) in [4.78, 5) is 37.4. The van der Waals surface area contributed by atoms with Gasteiger partial charge in [-0.2, -0.15) is 0 Å². The molecule has 1 aliphatic rings. The summed E-state index contributed by atoms with van der Waals surface area (Å²) in [5.41, 5.74) is 1.11. The second-order valence-electron chi connectivity index (χ2n) is 5.73. The summed E-state index contributed by atoms with van der Waals surface area (Å²) in [7, 11) is 1.74. The zero-order valence-corrected chi connectivity index (χ0v) is 13.2. The number of benzene rings is 1. The number of nitrogens with zero attached hydrogens (tertiary/aromatic N) is 1. The van der Waals surface area contributed by atoms with Crippen LogP contribution in [0.15, 0.2) is 24.3 Å². The van der Waals surface area contributed by atoms with Gasteiger partial charge in [0.15, 0.2) is 0 Å². The van der Waals surface area contributed by atoms with Crippen LogP contribution in [0.2, 0.25) is 0 Å². The van der Waals surface area contributed by atoms with Crippen molar-refractivity contribution in [1.82, 2.24) is 0 Å². The molecule has 1 atom stereocenters. The van der Waals surface area contributed by atoms with Crippen molar-refractivity contribution in [3.05, 3.63) is 29.8 Å². The Morgan fingerprint density at radius 2 is 1.95 bits per heavy atom. The van der Waals surface area contributed by atoms with Crippen molar-refractivity contribution >= 4 is 23.3 Å². The first kappa shape index (κ1) is 16.2. The minimum Gasteiger partial charge on any atom is -0.466 e. The van der Waals surface area contributed by atoms with Crippen molar-refractivity contribution < 1.29 is 19.1 Å². The smallest absolute Gasteiger partial charge is 0.313 e. The number of fused-ring (bicyclic) bond motifs is 1. The lowest BCUT2D eigenvalue weighted by atomic mass is 9.79. The number of hydrogen-bond acceptors (Lipinski definition) is 4. The van der Waals surface area contributed by atoms with E-state index in [1.54, 1.807) is 18.9 Å². The number of ketones is 1. The molecule has 0 saturated heterocycles. The molecule has 1 aromatic carbocycles. The third-order valence-corrected chi connectivity index (χ3v) is 4.19. The van der Waals surface area contributed by atoms with Crippen LogP contribution in [0, 0.1) is 0 Å². The van der Waals surface area contributed by atoms with Gasteiger partial charge < -0.3 is 9.64 Å². The fraction of sp³-hybridized carbons (Fsp3) is 0.471. The maximum absolute atomic E-state index is 12.5. The Kier molecular flexibility index (Phi) is 4.64. The minimum atomic E-state index is -0.713. The van der Waals surface area contributed by atoms with Gasteiger partial charge in [-0.1, -0.05) is 18.2 Å². The Balaban J connectivity index is 2.07. The van der Waals surface area contributed by atoms with Gasteiger partial charge in [0.25, 0.3) is 0 Å². The van der Waals surface area contributed by atoms with E-state index in [0.29, 0.717) is 6.42 Å². The number of rotatable bonds is 6. The number of amides is 1. The van der Waals surface area contributed by atoms with Crippen molar-refractivity contribution in [2.45, 2.75) is 38.5 Å². The summed E-state index contributed by atoms with van der Waals surface area (Å²) in [6, 6.07) is 7.61. The molecule has 22 heavy (non-hydrogen) atoms. The number of likely N-dealkylation sites (N-methyl/N-ethyl adjacent to an activating group) is 1. The van der Waals surface area contributed by atoms with Crippen molar-refractivity contribution in [2.24, 2.45) is 0 Å². The van der Waals surface area contributed by atoms with Gasteiger partial charge in [0, 0.05) is 19.2 Å². The predicted octanol–water partition coefficient (Wildman–Crippen LogP) is 2.22. The molecule has 1 aromatic rings. The van der Waals surface area contributed by atoms with Gasteiger partial charge in [-0.15, -0.1) is 0 Å². The molecule has 1 unspecified atom stereocenters. The number of ether oxygens (including phenoxy) is 1. The molecule has 0 bridgehead atoms. The van der Waals surface area contributed by atoms with Crippen LogP contribution in [0.25, 0.3) is 0 Å². The normalized spacial score (nSPS) is 20.0. The predicted molar refractivity (Wildman–Crippen MR) is 82.7 cm³/mol. The molecular formula is C17H21NO4. The van der Waals surface area contributed by atoms with E-state index < -0.39 is 11.4 Å². The Labute approximate surface area is 130 Å². The van der Waals surface area contributed by atoms with E-state index in [1.807, 2.05) is 31.2 Å². The number of esters is 1. The zero-order valence-electron chi connectivity index (χ0n) is 13.2. The van der Waals surface area contributed by atoms with E-state index in [0.717, 1.165) is 11.3 Å². The first-order valence-corrected chi connectivity index (χ1v) is 7.45. The number of carbonyl (C=O) groups excluding carboxylic acids is 3. The van der Waals surface area contributed by atoms with E-state index in [4.69, 9.17) is 4.74 Å². The average Bonchev–Trinajstić information content (AvgIpc) is 2.69. The molecule has 1 aliphatic heterocycles. The summed E-state index contributed by atoms with van der Waals surface area (Å²) in [5.74, 6) is -0.718. The quantitative estimate of drug-likeness (QED) is 0.597. The number of carbonyl (C=O) groups is 3. The molecule has 0 saturated carbocycles. The highest BCUT2D eigenvalue weighted by molar-refractivity contribution is 6.07. The zero-order chi connectivity index (χ0) is 16.3. The molecule has 0 aliphatic carbocycles. The highest BCUT2D eigenvalue weighted by Gasteiger charge is 2.45. The number of Topliss-reactive ketones (excluding diaryl/α,β-unsaturated/α-hetero) is 1. The summed E-state index contributed by atoms with van der Waals surface area (Å²) in [6.45, 7) is 3.82. The Hall–Kier alpha value is -2.17. The second-order valence-corrected chi connectivity index (χ2v) is 5.73. The van der Waals surface area contributed by atoms with Crippen LogP contribution in [0.4, 0.5) is 5.69 Å². The number of para-hydroxylation sites is 1. The minimum absolute atomic E-state index is 0.0161. The third-order valence-electron chi connectivity index (χ3n) is 4.19. The van der Waals surface area contributed by atoms with Gasteiger partial charge >= 0.3 is 5.97 Å². The molecule has 1 heterocycles. The molecule has 0 N–H and O–H groups in total. The molecule has 5 heteroatoms. The monoisotopic (exact) mass is 303 g/mol. The fourth-order valence-corrected chi connectivity index (χ4v) is 2.92. The van der Waals surface area contributed by atoms with Gasteiger partial charge in [-0.25, -0.2) is 0 Å². The summed E-state index contributed by atoms with van der Waals surface area (Å²) < 4.78 is 4.77. The highest BCUT2D eigenvalue weighted by Crippen LogP contribution is 2.43. The van der Waals surface area contributed by atoms with Gasteiger partial charge in [0.1, 0.15) is 12.2 Å². The van der Waals surface area contributed by atoms with Gasteiger partial charge in [0.2, 0.25) is 5.91 Å². The standard InChI is InChI=1S/C17H21NO4/c1-4-22-15(20)11-12(19)9-10-17(2)13-7-5-6-8-14(13)18(3)16(17)21/h5-8H,4,9-11H2,1-3H3. The fourth-order valence-electron chi connectivity index (χ4n) is 2.92. The molecule has 0 fully saturated rings. The van der Waals surface area contributed by atoms with Crippen molar-refractivity contribution in [3.8, 4) is 0 Å². The molecule has 5 nitrogen and oxygen atoms in total. The largest absolute Gasteiger partial charge is 0.466 e. The number of hydrogen-bond donors (Lipinski definition) is 0. The van der Waals surface area contributed by atoms with Crippen LogP contribution >= 0.6 is 0 Å². The van der Waals surface area contributed by atoms with Crippen LogP contribution in [-0.4, -0.2) is 31.3 Å². The van der Waals surface area contributed by atoms with E-state index in [9.17, 15) is 14.4 Å². The first-order chi connectivity index (χ1) is 10.4. The lowest BCUT2D eigenvalue weighted by Gasteiger charge is -2.22. The molecular weight excluding hydrogens is 282 g/mol. The Bertz CT molecular complexity index is 610. The lowest BCUT2D eigenvalue weighted by molar-refractivity contribution is -0.145. The van der Waals surface area contributed by atoms with E-state index in [-0.39, 0.29) is 31.1 Å². The van der Waals surface area contributed by atoms with Crippen LogP contribution in [0.1, 0.15) is 38.7 Å². The van der Waals surface area contributed by atoms with Gasteiger partial charge in [0.05, 0.1) is 12.0 Å². The van der Waals surface area contributed by atoms with Gasteiger partial charge in [-0.3, -0.25) is 14.4 Å². The van der Waals surface area contributed by atoms with E-state index in [1.165, 1.54) is 0 Å². The first-order valence-electron chi connectivity index (χ1n) is 7.45. The molecule has 2 rings (SSSR count). The van der Waals surface area contributed by atoms with Crippen LogP contribution in [0.5, 0.6) is 0 Å². The summed E-state index contributed by atoms with van der Waals surface area (Å²) >= 11 is 0. The maximum Gasteiger partial charge on any atom is 0.313 e. The van der Waals surface area contributed by atoms with Crippen molar-refractivity contribution in [2.75, 3.05) is 18.6 Å². The van der Waals surface area contributed by atoms with Crippen LogP contribution in [-0.2, 0) is 24.5 Å². The summed E-state index contributed by atoms with van der Waals surface area (Å²) in [5, 5.41) is 0. The Morgan fingerprint density at radius 1 is 1.27 bits per heavy atom. The molecule has 1 amide bonds. The van der Waals surface area contributed by atoms with E-state index in [2.05, 4.69) is 0 Å². The van der Waals surface area contributed by atoms with Gasteiger partial charge in [-0.05, 0) is 31.9 Å². The molecule has 0 spiro atoms. The van der Waals surface area contributed by atoms with Crippen molar-refractivity contribution in [3.63, 3.8) is 0 Å². The maximum atomic E-state index is 12.5. The Morgan fingerprint density at radius 3 is 2.64 bits per heavy atom. The van der Waals surface area contributed by atoms with Crippen LogP contribution < -0.4 is 4.90 Å². The topological polar surface area (TPSA) is 63.7 Å². The van der Waals surface area contributed by atoms with Crippen molar-refractivity contribution in [1.29, 1.82) is 0 Å². The SMILES string of the molecule is CCOC(=O)CC(=O)CCC1(C)C(=O)N(C)c2ccccc21. The highest BCUT2D eigenvalue weighted by atomic mass is 16.5. The number of anilines is 1. The van der Waals surface area contributed by atoms with E-state index >= 15 is 0 Å². The second kappa shape index (κ2) is 6.30. The molecule has 118 valence electrons. The average molecular weight is 303 g/mol. The lowest BCUT2D eigenvalue weighted by Crippen LogP contribution is -2.36. The third kappa shape index (κ3) is 2.89.